The average Bonchev–Trinajstić information content (AvgIpc) is 2.78. The fraction of sp³-hybridized carbons (Fsp3) is 0.167. The van der Waals surface area contributed by atoms with E-state index in [0.717, 1.165) is 4.88 Å². The topological polar surface area (TPSA) is 32.3 Å². The number of rotatable bonds is 3. The Morgan fingerprint density at radius 2 is 1.87 bits per heavy atom. The highest BCUT2D eigenvalue weighted by atomic mass is 32.1. The molecule has 0 amide bonds. The summed E-state index contributed by atoms with van der Waals surface area (Å²) >= 11 is 1.70. The largest absolute Gasteiger partial charge is 0.316 e. The Hall–Kier alpha value is -1.16. The Balaban J connectivity index is 2.28. The van der Waals surface area contributed by atoms with Crippen LogP contribution in [-0.2, 0) is 0 Å². The van der Waals surface area contributed by atoms with Crippen LogP contribution in [-0.4, -0.2) is 5.21 Å². The summed E-state index contributed by atoms with van der Waals surface area (Å²) in [6, 6.07) is 14.4. The minimum absolute atomic E-state index is 0.00698. The van der Waals surface area contributed by atoms with Crippen molar-refractivity contribution in [2.24, 2.45) is 0 Å². The molecule has 15 heavy (non-hydrogen) atoms. The molecule has 0 saturated heterocycles. The van der Waals surface area contributed by atoms with Crippen LogP contribution < -0.4 is 5.48 Å². The van der Waals surface area contributed by atoms with Gasteiger partial charge in [-0.3, -0.25) is 0 Å². The zero-order valence-electron chi connectivity index (χ0n) is 8.47. The second-order valence-corrected chi connectivity index (χ2v) is 4.53. The molecule has 1 unspecified atom stereocenters. The molecule has 0 radical (unpaired) electrons. The lowest BCUT2D eigenvalue weighted by Crippen LogP contribution is -2.11. The van der Waals surface area contributed by atoms with E-state index >= 15 is 0 Å². The molecule has 0 aliphatic rings. The van der Waals surface area contributed by atoms with E-state index in [-0.39, 0.29) is 6.04 Å². The van der Waals surface area contributed by atoms with E-state index < -0.39 is 0 Å². The van der Waals surface area contributed by atoms with Crippen molar-refractivity contribution in [3.05, 3.63) is 47.3 Å². The molecule has 1 atom stereocenters. The monoisotopic (exact) mass is 219 g/mol. The fourth-order valence-electron chi connectivity index (χ4n) is 1.41. The van der Waals surface area contributed by atoms with Gasteiger partial charge >= 0.3 is 0 Å². The lowest BCUT2D eigenvalue weighted by Gasteiger charge is -2.04. The van der Waals surface area contributed by atoms with Gasteiger partial charge in [-0.05, 0) is 24.6 Å². The molecule has 0 aliphatic heterocycles. The van der Waals surface area contributed by atoms with Crippen LogP contribution in [0.5, 0.6) is 0 Å². The molecule has 2 rings (SSSR count). The van der Waals surface area contributed by atoms with Gasteiger partial charge in [-0.25, -0.2) is 0 Å². The molecular weight excluding hydrogens is 206 g/mol. The molecule has 1 heterocycles. The first-order chi connectivity index (χ1) is 7.31. The zero-order chi connectivity index (χ0) is 10.7. The van der Waals surface area contributed by atoms with Crippen LogP contribution in [0, 0.1) is 0 Å². The quantitative estimate of drug-likeness (QED) is 0.775. The van der Waals surface area contributed by atoms with E-state index in [1.54, 1.807) is 11.3 Å². The summed E-state index contributed by atoms with van der Waals surface area (Å²) in [5.41, 5.74) is 3.48. The van der Waals surface area contributed by atoms with Gasteiger partial charge in [-0.15, -0.1) is 11.3 Å². The highest BCUT2D eigenvalue weighted by Crippen LogP contribution is 2.30. The third-order valence-electron chi connectivity index (χ3n) is 2.31. The van der Waals surface area contributed by atoms with Crippen molar-refractivity contribution < 1.29 is 5.21 Å². The van der Waals surface area contributed by atoms with Crippen molar-refractivity contribution in [3.63, 3.8) is 0 Å². The minimum atomic E-state index is -0.00698. The van der Waals surface area contributed by atoms with E-state index in [4.69, 9.17) is 5.21 Å². The number of hydrogen-bond donors (Lipinski definition) is 2. The van der Waals surface area contributed by atoms with Gasteiger partial charge in [0.25, 0.3) is 0 Å². The molecular formula is C12H13NOS. The first kappa shape index (κ1) is 10.4. The normalized spacial score (nSPS) is 12.7. The fourth-order valence-corrected chi connectivity index (χ4v) is 2.42. The van der Waals surface area contributed by atoms with Crippen molar-refractivity contribution in [1.82, 2.24) is 5.48 Å². The van der Waals surface area contributed by atoms with Crippen molar-refractivity contribution in [2.75, 3.05) is 0 Å². The standard InChI is InChI=1S/C12H13NOS/c1-9(13-14)11-7-8-12(15-11)10-5-3-2-4-6-10/h2-9,13-14H,1H3. The predicted molar refractivity (Wildman–Crippen MR) is 63.1 cm³/mol. The average molecular weight is 219 g/mol. The van der Waals surface area contributed by atoms with E-state index in [1.165, 1.54) is 10.4 Å². The first-order valence-electron chi connectivity index (χ1n) is 4.86. The van der Waals surface area contributed by atoms with Crippen LogP contribution in [0.4, 0.5) is 0 Å². The van der Waals surface area contributed by atoms with Gasteiger partial charge in [-0.2, -0.15) is 5.48 Å². The second-order valence-electron chi connectivity index (χ2n) is 3.42. The zero-order valence-corrected chi connectivity index (χ0v) is 9.29. The van der Waals surface area contributed by atoms with Crippen LogP contribution in [0.3, 0.4) is 0 Å². The summed E-state index contributed by atoms with van der Waals surface area (Å²) in [5, 5.41) is 8.82. The Labute approximate surface area is 93.2 Å². The van der Waals surface area contributed by atoms with E-state index in [0.29, 0.717) is 0 Å². The molecule has 2 nitrogen and oxygen atoms in total. The van der Waals surface area contributed by atoms with Gasteiger partial charge in [0.1, 0.15) is 0 Å². The molecule has 78 valence electrons. The molecule has 0 saturated carbocycles. The van der Waals surface area contributed by atoms with Crippen molar-refractivity contribution in [1.29, 1.82) is 0 Å². The number of nitrogens with one attached hydrogen (secondary N) is 1. The van der Waals surface area contributed by atoms with Crippen molar-refractivity contribution >= 4 is 11.3 Å². The van der Waals surface area contributed by atoms with Gasteiger partial charge in [0, 0.05) is 9.75 Å². The summed E-state index contributed by atoms with van der Waals surface area (Å²) in [4.78, 5) is 2.36. The maximum absolute atomic E-state index is 8.82. The number of thiophene rings is 1. The summed E-state index contributed by atoms with van der Waals surface area (Å²) in [7, 11) is 0. The summed E-state index contributed by atoms with van der Waals surface area (Å²) in [6.45, 7) is 1.93. The van der Waals surface area contributed by atoms with E-state index in [9.17, 15) is 0 Å². The Kier molecular flexibility index (Phi) is 3.16. The van der Waals surface area contributed by atoms with Crippen LogP contribution in [0.2, 0.25) is 0 Å². The van der Waals surface area contributed by atoms with Crippen molar-refractivity contribution in [3.8, 4) is 10.4 Å². The maximum Gasteiger partial charge on any atom is 0.0634 e. The molecule has 0 bridgehead atoms. The van der Waals surface area contributed by atoms with Crippen LogP contribution in [0.15, 0.2) is 42.5 Å². The third kappa shape index (κ3) is 2.26. The number of hydrogen-bond acceptors (Lipinski definition) is 3. The molecule has 0 fully saturated rings. The third-order valence-corrected chi connectivity index (χ3v) is 3.62. The lowest BCUT2D eigenvalue weighted by atomic mass is 10.2. The molecule has 1 aromatic carbocycles. The maximum atomic E-state index is 8.82. The van der Waals surface area contributed by atoms with Gasteiger partial charge in [0.15, 0.2) is 0 Å². The number of hydroxylamine groups is 1. The van der Waals surface area contributed by atoms with Crippen LogP contribution in [0.25, 0.3) is 10.4 Å². The highest BCUT2D eigenvalue weighted by Gasteiger charge is 2.07. The summed E-state index contributed by atoms with van der Waals surface area (Å²) < 4.78 is 0. The molecule has 1 aromatic heterocycles. The predicted octanol–water partition coefficient (Wildman–Crippen LogP) is 3.45. The molecule has 3 heteroatoms. The molecule has 2 N–H and O–H groups in total. The van der Waals surface area contributed by atoms with Gasteiger partial charge in [0.2, 0.25) is 0 Å². The van der Waals surface area contributed by atoms with Gasteiger partial charge in [0.05, 0.1) is 6.04 Å². The summed E-state index contributed by atoms with van der Waals surface area (Å²) in [6.07, 6.45) is 0. The molecule has 0 aliphatic carbocycles. The number of benzene rings is 1. The molecule has 2 aromatic rings. The Morgan fingerprint density at radius 3 is 2.53 bits per heavy atom. The van der Waals surface area contributed by atoms with Crippen LogP contribution in [0.1, 0.15) is 17.8 Å². The first-order valence-corrected chi connectivity index (χ1v) is 5.67. The van der Waals surface area contributed by atoms with Gasteiger partial charge < -0.3 is 5.21 Å². The lowest BCUT2D eigenvalue weighted by molar-refractivity contribution is 0.135. The SMILES string of the molecule is CC(NO)c1ccc(-c2ccccc2)s1. The summed E-state index contributed by atoms with van der Waals surface area (Å²) in [5.74, 6) is 0. The van der Waals surface area contributed by atoms with E-state index in [2.05, 4.69) is 23.7 Å². The second kappa shape index (κ2) is 4.57. The Morgan fingerprint density at radius 1 is 1.13 bits per heavy atom. The molecule has 0 spiro atoms. The minimum Gasteiger partial charge on any atom is -0.316 e. The highest BCUT2D eigenvalue weighted by molar-refractivity contribution is 7.15. The smallest absolute Gasteiger partial charge is 0.0634 e. The van der Waals surface area contributed by atoms with Crippen LogP contribution >= 0.6 is 11.3 Å². The van der Waals surface area contributed by atoms with E-state index in [1.807, 2.05) is 31.2 Å². The van der Waals surface area contributed by atoms with Crippen molar-refractivity contribution in [2.45, 2.75) is 13.0 Å². The van der Waals surface area contributed by atoms with Gasteiger partial charge in [-0.1, -0.05) is 30.3 Å². The Bertz CT molecular complexity index is 424.